The van der Waals surface area contributed by atoms with Crippen LogP contribution in [0.1, 0.15) is 24.8 Å². The molecular formula is C20H24ClFN4O9P2. The zero-order valence-electron chi connectivity index (χ0n) is 19.1. The molecule has 17 heteroatoms. The van der Waals surface area contributed by atoms with Crippen molar-refractivity contribution >= 4 is 43.5 Å². The molecule has 0 amide bonds. The number of aliphatic hydroxyl groups is 2. The van der Waals surface area contributed by atoms with Gasteiger partial charge < -0.3 is 39.5 Å². The van der Waals surface area contributed by atoms with Crippen LogP contribution in [0.4, 0.5) is 10.1 Å². The second-order valence-electron chi connectivity index (χ2n) is 8.49. The van der Waals surface area contributed by atoms with Gasteiger partial charge >= 0.3 is 15.2 Å². The lowest BCUT2D eigenvalue weighted by atomic mass is 10.1. The van der Waals surface area contributed by atoms with Crippen LogP contribution in [0.2, 0.25) is 5.15 Å². The van der Waals surface area contributed by atoms with Gasteiger partial charge in [0.1, 0.15) is 29.3 Å². The van der Waals surface area contributed by atoms with Crippen molar-refractivity contribution in [1.29, 1.82) is 0 Å². The highest BCUT2D eigenvalue weighted by Gasteiger charge is 2.46. The molecule has 3 unspecified atom stereocenters. The number of anilines is 1. The average molecular weight is 581 g/mol. The van der Waals surface area contributed by atoms with Gasteiger partial charge in [0.25, 0.3) is 0 Å². The van der Waals surface area contributed by atoms with Gasteiger partial charge in [0.05, 0.1) is 29.9 Å². The summed E-state index contributed by atoms with van der Waals surface area (Å²) in [5.74, 6) is -1.81. The van der Waals surface area contributed by atoms with Crippen LogP contribution in [0.25, 0.3) is 11.0 Å². The molecule has 3 heterocycles. The number of pyridine rings is 1. The quantitative estimate of drug-likeness (QED) is 0.160. The molecule has 0 bridgehead atoms. The Balaban J connectivity index is 1.56. The first-order valence-electron chi connectivity index (χ1n) is 10.8. The number of benzene rings is 1. The summed E-state index contributed by atoms with van der Waals surface area (Å²) in [7, 11) is -9.56. The van der Waals surface area contributed by atoms with Crippen molar-refractivity contribution < 1.29 is 47.7 Å². The van der Waals surface area contributed by atoms with Crippen LogP contribution in [0, 0.1) is 5.82 Å². The van der Waals surface area contributed by atoms with Crippen LogP contribution in [0.3, 0.4) is 0 Å². The Kier molecular flexibility index (Phi) is 8.08. The standard InChI is InChI=1S/C20H24ClFN4O9P2/c1-10(11-4-2-3-5-13(11)22)24-14-6-16(21)25-19-12(14)7-23-26(19)20-18(28)17(27)15(35-20)8-34-37(32,33)9-36(29,30)31/h2-7,10,15,17-18,20,27-28H,8-9H2,1H3,(H,24,25)(H,32,33)(H2,29,30,31)/t10?,15-,17-,18-,20?/m1/s1. The Morgan fingerprint density at radius 2 is 1.95 bits per heavy atom. The van der Waals surface area contributed by atoms with E-state index in [9.17, 15) is 28.6 Å². The summed E-state index contributed by atoms with van der Waals surface area (Å²) in [4.78, 5) is 31.7. The fourth-order valence-electron chi connectivity index (χ4n) is 3.96. The van der Waals surface area contributed by atoms with Crippen LogP contribution in [-0.4, -0.2) is 70.5 Å². The molecule has 1 aliphatic rings. The van der Waals surface area contributed by atoms with E-state index in [-0.39, 0.29) is 10.8 Å². The highest BCUT2D eigenvalue weighted by molar-refractivity contribution is 7.70. The molecule has 0 spiro atoms. The van der Waals surface area contributed by atoms with Crippen LogP contribution in [0.15, 0.2) is 36.5 Å². The molecule has 13 nitrogen and oxygen atoms in total. The Morgan fingerprint density at radius 1 is 1.24 bits per heavy atom. The van der Waals surface area contributed by atoms with E-state index < -0.39 is 64.1 Å². The van der Waals surface area contributed by atoms with Gasteiger partial charge in [0, 0.05) is 5.56 Å². The van der Waals surface area contributed by atoms with Crippen molar-refractivity contribution in [3.8, 4) is 0 Å². The fraction of sp³-hybridized carbons (Fsp3) is 0.400. The van der Waals surface area contributed by atoms with Crippen LogP contribution >= 0.6 is 26.8 Å². The van der Waals surface area contributed by atoms with Gasteiger partial charge in [0.15, 0.2) is 17.8 Å². The van der Waals surface area contributed by atoms with Gasteiger partial charge in [-0.2, -0.15) is 5.10 Å². The Labute approximate surface area is 214 Å². The van der Waals surface area contributed by atoms with Gasteiger partial charge in [-0.1, -0.05) is 29.8 Å². The van der Waals surface area contributed by atoms with E-state index in [2.05, 4.69) is 15.4 Å². The molecule has 1 fully saturated rings. The summed E-state index contributed by atoms with van der Waals surface area (Å²) in [5, 5.41) is 28.8. The lowest BCUT2D eigenvalue weighted by molar-refractivity contribution is -0.0541. The van der Waals surface area contributed by atoms with Crippen molar-refractivity contribution in [3.05, 3.63) is 53.1 Å². The van der Waals surface area contributed by atoms with Crippen molar-refractivity contribution in [2.75, 3.05) is 17.8 Å². The molecule has 4 rings (SSSR count). The van der Waals surface area contributed by atoms with E-state index in [4.69, 9.17) is 30.6 Å². The zero-order valence-corrected chi connectivity index (χ0v) is 21.7. The normalized spacial score (nSPS) is 24.8. The minimum absolute atomic E-state index is 0.0454. The summed E-state index contributed by atoms with van der Waals surface area (Å²) < 4.78 is 48.6. The van der Waals surface area contributed by atoms with Gasteiger partial charge in [-0.05, 0) is 19.1 Å². The number of nitrogens with one attached hydrogen (secondary N) is 1. The Hall–Kier alpha value is -1.96. The predicted molar refractivity (Wildman–Crippen MR) is 130 cm³/mol. The maximum Gasteiger partial charge on any atom is 0.340 e. The number of nitrogens with zero attached hydrogens (tertiary/aromatic N) is 3. The first-order chi connectivity index (χ1) is 17.3. The second-order valence-corrected chi connectivity index (χ2v) is 12.9. The monoisotopic (exact) mass is 580 g/mol. The molecule has 3 aromatic rings. The highest BCUT2D eigenvalue weighted by Crippen LogP contribution is 2.55. The molecule has 202 valence electrons. The number of ether oxygens (including phenoxy) is 1. The van der Waals surface area contributed by atoms with E-state index in [1.54, 1.807) is 25.1 Å². The number of hydrogen-bond acceptors (Lipinski definition) is 9. The largest absolute Gasteiger partial charge is 0.387 e. The van der Waals surface area contributed by atoms with Crippen molar-refractivity contribution in [2.24, 2.45) is 0 Å². The van der Waals surface area contributed by atoms with Crippen LogP contribution < -0.4 is 5.32 Å². The third-order valence-electron chi connectivity index (χ3n) is 5.66. The summed E-state index contributed by atoms with van der Waals surface area (Å²) in [5.41, 5.74) is 1.03. The van der Waals surface area contributed by atoms with Gasteiger partial charge in [0.2, 0.25) is 0 Å². The SMILES string of the molecule is CC(Nc1cc(Cl)nc2c1cnn2C1O[C@H](COP(=O)(O)CP(=O)(O)O)[C@@H](O)[C@H]1O)c1ccccc1F. The van der Waals surface area contributed by atoms with Crippen molar-refractivity contribution in [1.82, 2.24) is 14.8 Å². The first-order valence-corrected chi connectivity index (χ1v) is 14.8. The second kappa shape index (κ2) is 10.7. The molecule has 0 saturated carbocycles. The Bertz CT molecular complexity index is 1390. The summed E-state index contributed by atoms with van der Waals surface area (Å²) >= 11 is 6.20. The zero-order chi connectivity index (χ0) is 27.1. The van der Waals surface area contributed by atoms with Crippen LogP contribution in [0.5, 0.6) is 0 Å². The summed E-state index contributed by atoms with van der Waals surface area (Å²) in [6, 6.07) is 7.31. The molecule has 2 aromatic heterocycles. The third-order valence-corrected chi connectivity index (χ3v) is 9.31. The maximum atomic E-state index is 14.2. The van der Waals surface area contributed by atoms with Crippen LogP contribution in [-0.2, 0) is 18.4 Å². The number of aliphatic hydroxyl groups excluding tert-OH is 2. The molecular weight excluding hydrogens is 557 g/mol. The Morgan fingerprint density at radius 3 is 2.62 bits per heavy atom. The van der Waals surface area contributed by atoms with E-state index in [1.165, 1.54) is 18.3 Å². The van der Waals surface area contributed by atoms with Crippen molar-refractivity contribution in [3.63, 3.8) is 0 Å². The lowest BCUT2D eigenvalue weighted by Gasteiger charge is -2.19. The molecule has 0 radical (unpaired) electrons. The van der Waals surface area contributed by atoms with Gasteiger partial charge in [-0.25, -0.2) is 14.1 Å². The fourth-order valence-corrected chi connectivity index (χ4v) is 6.72. The number of hydrogen-bond donors (Lipinski definition) is 6. The summed E-state index contributed by atoms with van der Waals surface area (Å²) in [6.07, 6.45) is -4.43. The first kappa shape index (κ1) is 28.1. The summed E-state index contributed by atoms with van der Waals surface area (Å²) in [6.45, 7) is 1.00. The van der Waals surface area contributed by atoms with Gasteiger partial charge in [-0.15, -0.1) is 0 Å². The third kappa shape index (κ3) is 6.37. The number of fused-ring (bicyclic) bond motifs is 1. The molecule has 1 aliphatic heterocycles. The smallest absolute Gasteiger partial charge is 0.340 e. The molecule has 1 saturated heterocycles. The highest BCUT2D eigenvalue weighted by atomic mass is 35.5. The van der Waals surface area contributed by atoms with E-state index in [0.717, 1.165) is 4.68 Å². The van der Waals surface area contributed by atoms with E-state index >= 15 is 0 Å². The van der Waals surface area contributed by atoms with E-state index in [1.807, 2.05) is 0 Å². The number of aromatic nitrogens is 3. The topological polar surface area (TPSA) is 196 Å². The van der Waals surface area contributed by atoms with Gasteiger partial charge in [-0.3, -0.25) is 9.13 Å². The minimum atomic E-state index is -4.85. The number of rotatable bonds is 9. The maximum absolute atomic E-state index is 14.2. The predicted octanol–water partition coefficient (Wildman–Crippen LogP) is 2.35. The van der Waals surface area contributed by atoms with Crippen molar-refractivity contribution in [2.45, 2.75) is 37.5 Å². The van der Waals surface area contributed by atoms with E-state index in [0.29, 0.717) is 16.6 Å². The molecule has 6 N–H and O–H groups in total. The lowest BCUT2D eigenvalue weighted by Crippen LogP contribution is -2.33. The molecule has 6 atom stereocenters. The average Bonchev–Trinajstić information content (AvgIpc) is 3.32. The molecule has 1 aromatic carbocycles. The number of halogens is 2. The minimum Gasteiger partial charge on any atom is -0.387 e. The molecule has 0 aliphatic carbocycles. The molecule has 37 heavy (non-hydrogen) atoms.